The highest BCUT2D eigenvalue weighted by atomic mass is 35.5. The van der Waals surface area contributed by atoms with Crippen LogP contribution in [0.3, 0.4) is 0 Å². The van der Waals surface area contributed by atoms with Crippen LogP contribution in [0.5, 0.6) is 0 Å². The number of piperazine rings is 1. The standard InChI is InChI=1S/C19H24N2O.ClH/c1-2-3-11-20-12-14-21(15-13-20)19(22)18-10-6-8-16-7-4-5-9-17(16)18;/h4-10H,2-3,11-15H2,1H3;1H. The highest BCUT2D eigenvalue weighted by Crippen LogP contribution is 2.20. The van der Waals surface area contributed by atoms with Gasteiger partial charge in [-0.2, -0.15) is 0 Å². The van der Waals surface area contributed by atoms with Crippen molar-refractivity contribution in [3.63, 3.8) is 0 Å². The lowest BCUT2D eigenvalue weighted by molar-refractivity contribution is 0.0637. The molecule has 0 atom stereocenters. The van der Waals surface area contributed by atoms with E-state index in [0.717, 1.165) is 49.1 Å². The molecule has 2 aromatic rings. The van der Waals surface area contributed by atoms with Crippen LogP contribution in [0.25, 0.3) is 10.8 Å². The molecule has 1 heterocycles. The van der Waals surface area contributed by atoms with Crippen LogP contribution < -0.4 is 0 Å². The normalized spacial score (nSPS) is 15.4. The van der Waals surface area contributed by atoms with Crippen LogP contribution >= 0.6 is 12.4 Å². The number of hydrogen-bond acceptors (Lipinski definition) is 2. The van der Waals surface area contributed by atoms with Gasteiger partial charge in [0.15, 0.2) is 0 Å². The molecule has 0 unspecified atom stereocenters. The number of halogens is 1. The van der Waals surface area contributed by atoms with Crippen molar-refractivity contribution in [2.75, 3.05) is 32.7 Å². The molecular weight excluding hydrogens is 308 g/mol. The number of amides is 1. The van der Waals surface area contributed by atoms with Gasteiger partial charge in [0.1, 0.15) is 0 Å². The molecule has 1 saturated heterocycles. The SMILES string of the molecule is CCCCN1CCN(C(=O)c2cccc3ccccc23)CC1.Cl. The number of fused-ring (bicyclic) bond motifs is 1. The van der Waals surface area contributed by atoms with Crippen LogP contribution in [0.1, 0.15) is 30.1 Å². The first-order valence-corrected chi connectivity index (χ1v) is 8.29. The minimum Gasteiger partial charge on any atom is -0.336 e. The molecular formula is C19H25ClN2O. The molecule has 2 aromatic carbocycles. The van der Waals surface area contributed by atoms with E-state index in [9.17, 15) is 4.79 Å². The highest BCUT2D eigenvalue weighted by molar-refractivity contribution is 6.07. The number of unbranched alkanes of at least 4 members (excludes halogenated alkanes) is 1. The lowest BCUT2D eigenvalue weighted by Crippen LogP contribution is -2.48. The fourth-order valence-electron chi connectivity index (χ4n) is 3.14. The fraction of sp³-hybridized carbons (Fsp3) is 0.421. The Balaban J connectivity index is 0.00000192. The van der Waals surface area contributed by atoms with Gasteiger partial charge in [0.25, 0.3) is 5.91 Å². The summed E-state index contributed by atoms with van der Waals surface area (Å²) in [6.07, 6.45) is 2.48. The maximum atomic E-state index is 12.8. The summed E-state index contributed by atoms with van der Waals surface area (Å²) < 4.78 is 0. The van der Waals surface area contributed by atoms with E-state index in [1.54, 1.807) is 0 Å². The second-order valence-corrected chi connectivity index (χ2v) is 6.01. The Bertz CT molecular complexity index is 645. The summed E-state index contributed by atoms with van der Waals surface area (Å²) in [7, 11) is 0. The van der Waals surface area contributed by atoms with Crippen molar-refractivity contribution in [3.8, 4) is 0 Å². The molecule has 1 aliphatic heterocycles. The van der Waals surface area contributed by atoms with Gasteiger partial charge in [-0.25, -0.2) is 0 Å². The van der Waals surface area contributed by atoms with Crippen LogP contribution in [-0.4, -0.2) is 48.4 Å². The highest BCUT2D eigenvalue weighted by Gasteiger charge is 2.22. The Labute approximate surface area is 144 Å². The van der Waals surface area contributed by atoms with Gasteiger partial charge in [0, 0.05) is 31.7 Å². The van der Waals surface area contributed by atoms with Gasteiger partial charge < -0.3 is 4.90 Å². The fourth-order valence-corrected chi connectivity index (χ4v) is 3.14. The number of rotatable bonds is 4. The Morgan fingerprint density at radius 3 is 2.43 bits per heavy atom. The first-order chi connectivity index (χ1) is 10.8. The van der Waals surface area contributed by atoms with E-state index in [0.29, 0.717) is 0 Å². The van der Waals surface area contributed by atoms with Crippen LogP contribution in [0, 0.1) is 0 Å². The van der Waals surface area contributed by atoms with Gasteiger partial charge in [0.2, 0.25) is 0 Å². The zero-order valence-electron chi connectivity index (χ0n) is 13.7. The Kier molecular flexibility index (Phi) is 6.43. The summed E-state index contributed by atoms with van der Waals surface area (Å²) >= 11 is 0. The van der Waals surface area contributed by atoms with Gasteiger partial charge in [-0.1, -0.05) is 49.7 Å². The zero-order chi connectivity index (χ0) is 15.4. The maximum Gasteiger partial charge on any atom is 0.254 e. The van der Waals surface area contributed by atoms with Gasteiger partial charge in [0.05, 0.1) is 0 Å². The average molecular weight is 333 g/mol. The van der Waals surface area contributed by atoms with Crippen LogP contribution in [0.15, 0.2) is 42.5 Å². The van der Waals surface area contributed by atoms with Crippen molar-refractivity contribution >= 4 is 29.1 Å². The molecule has 4 heteroatoms. The molecule has 0 saturated carbocycles. The summed E-state index contributed by atoms with van der Waals surface area (Å²) in [5.41, 5.74) is 0.833. The molecule has 1 aliphatic rings. The van der Waals surface area contributed by atoms with E-state index in [2.05, 4.69) is 24.0 Å². The molecule has 0 spiro atoms. The maximum absolute atomic E-state index is 12.8. The molecule has 3 rings (SSSR count). The zero-order valence-corrected chi connectivity index (χ0v) is 14.5. The topological polar surface area (TPSA) is 23.6 Å². The number of nitrogens with zero attached hydrogens (tertiary/aromatic N) is 2. The predicted octanol–water partition coefficient (Wildman–Crippen LogP) is 3.82. The van der Waals surface area contributed by atoms with Crippen molar-refractivity contribution < 1.29 is 4.79 Å². The van der Waals surface area contributed by atoms with E-state index in [4.69, 9.17) is 0 Å². The number of carbonyl (C=O) groups is 1. The molecule has 0 aliphatic carbocycles. The first-order valence-electron chi connectivity index (χ1n) is 8.29. The smallest absolute Gasteiger partial charge is 0.254 e. The Morgan fingerprint density at radius 2 is 1.70 bits per heavy atom. The lowest BCUT2D eigenvalue weighted by atomic mass is 10.0. The van der Waals surface area contributed by atoms with E-state index in [1.807, 2.05) is 35.2 Å². The number of carbonyl (C=O) groups excluding carboxylic acids is 1. The molecule has 1 amide bonds. The molecule has 0 bridgehead atoms. The van der Waals surface area contributed by atoms with Crippen molar-refractivity contribution in [3.05, 3.63) is 48.0 Å². The average Bonchev–Trinajstić information content (AvgIpc) is 2.59. The second-order valence-electron chi connectivity index (χ2n) is 6.01. The minimum absolute atomic E-state index is 0. The van der Waals surface area contributed by atoms with E-state index < -0.39 is 0 Å². The molecule has 0 radical (unpaired) electrons. The van der Waals surface area contributed by atoms with Crippen molar-refractivity contribution in [1.29, 1.82) is 0 Å². The molecule has 1 fully saturated rings. The van der Waals surface area contributed by atoms with Crippen molar-refractivity contribution in [2.45, 2.75) is 19.8 Å². The van der Waals surface area contributed by atoms with Crippen molar-refractivity contribution in [2.24, 2.45) is 0 Å². The monoisotopic (exact) mass is 332 g/mol. The molecule has 124 valence electrons. The van der Waals surface area contributed by atoms with E-state index >= 15 is 0 Å². The first kappa shape index (κ1) is 17.8. The van der Waals surface area contributed by atoms with Crippen LogP contribution in [0.2, 0.25) is 0 Å². The third-order valence-corrected chi connectivity index (χ3v) is 4.51. The summed E-state index contributed by atoms with van der Waals surface area (Å²) in [6, 6.07) is 14.1. The summed E-state index contributed by atoms with van der Waals surface area (Å²) in [4.78, 5) is 17.3. The van der Waals surface area contributed by atoms with E-state index in [1.165, 1.54) is 12.8 Å². The minimum atomic E-state index is 0. The summed E-state index contributed by atoms with van der Waals surface area (Å²) in [5, 5.41) is 2.19. The molecule has 0 aromatic heterocycles. The van der Waals surface area contributed by atoms with E-state index in [-0.39, 0.29) is 18.3 Å². The molecule has 3 nitrogen and oxygen atoms in total. The third kappa shape index (κ3) is 4.04. The lowest BCUT2D eigenvalue weighted by Gasteiger charge is -2.35. The van der Waals surface area contributed by atoms with Gasteiger partial charge in [-0.05, 0) is 29.8 Å². The van der Waals surface area contributed by atoms with Gasteiger partial charge in [-0.3, -0.25) is 9.69 Å². The number of hydrogen-bond donors (Lipinski definition) is 0. The number of benzene rings is 2. The predicted molar refractivity (Wildman–Crippen MR) is 98.4 cm³/mol. The quantitative estimate of drug-likeness (QED) is 0.849. The Morgan fingerprint density at radius 1 is 1.00 bits per heavy atom. The van der Waals surface area contributed by atoms with Crippen LogP contribution in [0.4, 0.5) is 0 Å². The third-order valence-electron chi connectivity index (χ3n) is 4.51. The molecule has 0 N–H and O–H groups in total. The van der Waals surface area contributed by atoms with Gasteiger partial charge >= 0.3 is 0 Å². The van der Waals surface area contributed by atoms with Gasteiger partial charge in [-0.15, -0.1) is 12.4 Å². The largest absolute Gasteiger partial charge is 0.336 e. The second kappa shape index (κ2) is 8.32. The molecule has 23 heavy (non-hydrogen) atoms. The summed E-state index contributed by atoms with van der Waals surface area (Å²) in [6.45, 7) is 7.05. The van der Waals surface area contributed by atoms with Crippen LogP contribution in [-0.2, 0) is 0 Å². The summed E-state index contributed by atoms with van der Waals surface area (Å²) in [5.74, 6) is 0.173. The van der Waals surface area contributed by atoms with Crippen molar-refractivity contribution in [1.82, 2.24) is 9.80 Å². The Hall–Kier alpha value is -1.58.